The number of carbonyl (C=O) groups is 1. The van der Waals surface area contributed by atoms with Gasteiger partial charge in [-0.2, -0.15) is 21.6 Å². The molecule has 0 aliphatic carbocycles. The van der Waals surface area contributed by atoms with Gasteiger partial charge < -0.3 is 4.74 Å². The molecule has 0 heterocycles. The molecule has 2 aromatic carbocycles. The highest BCUT2D eigenvalue weighted by Crippen LogP contribution is 2.39. The molecule has 0 bridgehead atoms. The number of alkyl halides is 3. The van der Waals surface area contributed by atoms with E-state index in [4.69, 9.17) is 16.3 Å². The lowest BCUT2D eigenvalue weighted by Crippen LogP contribution is -2.32. The summed E-state index contributed by atoms with van der Waals surface area (Å²) in [6.07, 6.45) is -4.88. The van der Waals surface area contributed by atoms with Crippen LogP contribution in [0.1, 0.15) is 22.8 Å². The molecule has 0 fully saturated rings. The SMILES string of the molecule is CCOS(=O)(=O)NC(=O)c1cc(Oc2c(F)cc(C(F)(F)F)cc2Cl)ccc1[N+](=O)[O-]. The average Bonchev–Trinajstić information content (AvgIpc) is 2.62. The maximum Gasteiger partial charge on any atom is 0.416 e. The number of nitrogens with one attached hydrogen (secondary N) is 1. The monoisotopic (exact) mass is 486 g/mol. The lowest BCUT2D eigenvalue weighted by atomic mass is 10.1. The van der Waals surface area contributed by atoms with E-state index in [-0.39, 0.29) is 12.7 Å². The Kier molecular flexibility index (Phi) is 7.08. The topological polar surface area (TPSA) is 125 Å². The van der Waals surface area contributed by atoms with Gasteiger partial charge in [-0.15, -0.1) is 0 Å². The summed E-state index contributed by atoms with van der Waals surface area (Å²) in [5.41, 5.74) is -3.03. The largest absolute Gasteiger partial charge is 0.453 e. The molecule has 1 amide bonds. The zero-order chi connectivity index (χ0) is 23.6. The minimum Gasteiger partial charge on any atom is -0.453 e. The fraction of sp³-hybridized carbons (Fsp3) is 0.188. The minimum absolute atomic E-state index is 0.120. The first-order valence-electron chi connectivity index (χ1n) is 7.99. The Balaban J connectivity index is 2.45. The standard InChI is InChI=1S/C16H11ClF4N2O7S/c1-2-29-31(27,28)22-15(24)10-7-9(3-4-13(10)23(25)26)30-14-11(17)5-8(6-12(14)18)16(19,20)21/h3-7H,2H2,1H3,(H,22,24). The van der Waals surface area contributed by atoms with E-state index in [1.165, 1.54) is 11.6 Å². The van der Waals surface area contributed by atoms with Gasteiger partial charge in [-0.3, -0.25) is 19.1 Å². The van der Waals surface area contributed by atoms with Crippen molar-refractivity contribution in [3.63, 3.8) is 0 Å². The number of halogens is 5. The molecule has 0 aromatic heterocycles. The molecule has 0 atom stereocenters. The molecule has 168 valence electrons. The Labute approximate surface area is 176 Å². The Hall–Kier alpha value is -2.97. The molecule has 0 saturated heterocycles. The summed E-state index contributed by atoms with van der Waals surface area (Å²) in [4.78, 5) is 22.3. The van der Waals surface area contributed by atoms with E-state index >= 15 is 0 Å². The molecule has 31 heavy (non-hydrogen) atoms. The number of benzene rings is 2. The Morgan fingerprint density at radius 1 is 1.26 bits per heavy atom. The molecule has 0 saturated carbocycles. The highest BCUT2D eigenvalue weighted by atomic mass is 35.5. The lowest BCUT2D eigenvalue weighted by molar-refractivity contribution is -0.385. The Morgan fingerprint density at radius 2 is 1.90 bits per heavy atom. The Bertz CT molecular complexity index is 1120. The first-order valence-corrected chi connectivity index (χ1v) is 9.77. The van der Waals surface area contributed by atoms with Crippen molar-refractivity contribution >= 4 is 33.5 Å². The van der Waals surface area contributed by atoms with E-state index in [1.807, 2.05) is 0 Å². The van der Waals surface area contributed by atoms with Crippen LogP contribution in [0.25, 0.3) is 0 Å². The molecule has 0 radical (unpaired) electrons. The second-order valence-electron chi connectivity index (χ2n) is 5.60. The fourth-order valence-corrected chi connectivity index (χ4v) is 3.16. The number of hydrogen-bond donors (Lipinski definition) is 1. The van der Waals surface area contributed by atoms with E-state index in [0.29, 0.717) is 12.1 Å². The second kappa shape index (κ2) is 9.03. The first kappa shape index (κ1) is 24.3. The van der Waals surface area contributed by atoms with E-state index in [0.717, 1.165) is 12.1 Å². The van der Waals surface area contributed by atoms with Crippen molar-refractivity contribution < 1.29 is 44.6 Å². The third-order valence-corrected chi connectivity index (χ3v) is 4.71. The third-order valence-electron chi connectivity index (χ3n) is 3.45. The maximum atomic E-state index is 14.1. The number of hydrogen-bond acceptors (Lipinski definition) is 7. The van der Waals surface area contributed by atoms with Gasteiger partial charge in [0, 0.05) is 12.1 Å². The van der Waals surface area contributed by atoms with Crippen LogP contribution in [0.15, 0.2) is 30.3 Å². The summed E-state index contributed by atoms with van der Waals surface area (Å²) < 4.78 is 86.2. The molecule has 2 rings (SSSR count). The number of nitro benzene ring substituents is 1. The summed E-state index contributed by atoms with van der Waals surface area (Å²) in [5.74, 6) is -4.27. The molecular weight excluding hydrogens is 476 g/mol. The molecule has 2 aromatic rings. The van der Waals surface area contributed by atoms with Gasteiger partial charge in [0.05, 0.1) is 22.1 Å². The smallest absolute Gasteiger partial charge is 0.416 e. The van der Waals surface area contributed by atoms with Crippen LogP contribution in [0.3, 0.4) is 0 Å². The molecule has 0 aliphatic rings. The van der Waals surface area contributed by atoms with Crippen molar-refractivity contribution in [2.75, 3.05) is 6.61 Å². The molecule has 0 unspecified atom stereocenters. The van der Waals surface area contributed by atoms with Gasteiger partial charge in [0.25, 0.3) is 11.6 Å². The van der Waals surface area contributed by atoms with Crippen molar-refractivity contribution in [2.24, 2.45) is 0 Å². The lowest BCUT2D eigenvalue weighted by Gasteiger charge is -2.13. The zero-order valence-electron chi connectivity index (χ0n) is 15.2. The van der Waals surface area contributed by atoms with Crippen LogP contribution in [-0.4, -0.2) is 25.9 Å². The molecule has 15 heteroatoms. The van der Waals surface area contributed by atoms with Crippen LogP contribution in [0, 0.1) is 15.9 Å². The minimum atomic E-state index is -4.88. The predicted octanol–water partition coefficient (Wildman–Crippen LogP) is 4.21. The van der Waals surface area contributed by atoms with Gasteiger partial charge in [0.15, 0.2) is 11.6 Å². The Morgan fingerprint density at radius 3 is 2.42 bits per heavy atom. The fourth-order valence-electron chi connectivity index (χ4n) is 2.21. The molecule has 0 aliphatic heterocycles. The van der Waals surface area contributed by atoms with E-state index < -0.39 is 66.5 Å². The summed E-state index contributed by atoms with van der Waals surface area (Å²) >= 11 is 5.65. The van der Waals surface area contributed by atoms with Crippen molar-refractivity contribution in [3.8, 4) is 11.5 Å². The molecular formula is C16H11ClF4N2O7S. The van der Waals surface area contributed by atoms with E-state index in [2.05, 4.69) is 4.18 Å². The number of rotatable bonds is 7. The number of carbonyl (C=O) groups excluding carboxylic acids is 1. The normalized spacial score (nSPS) is 11.8. The van der Waals surface area contributed by atoms with Crippen molar-refractivity contribution in [2.45, 2.75) is 13.1 Å². The summed E-state index contributed by atoms with van der Waals surface area (Å²) in [6, 6.07) is 2.84. The van der Waals surface area contributed by atoms with Gasteiger partial charge in [0.1, 0.15) is 11.3 Å². The number of ether oxygens (including phenoxy) is 1. The zero-order valence-corrected chi connectivity index (χ0v) is 16.8. The van der Waals surface area contributed by atoms with Crippen molar-refractivity contribution in [1.29, 1.82) is 0 Å². The van der Waals surface area contributed by atoms with Gasteiger partial charge >= 0.3 is 16.5 Å². The number of amides is 1. The van der Waals surface area contributed by atoms with E-state index in [9.17, 15) is 40.9 Å². The van der Waals surface area contributed by atoms with Gasteiger partial charge in [-0.25, -0.2) is 9.11 Å². The predicted molar refractivity (Wildman–Crippen MR) is 97.6 cm³/mol. The maximum absolute atomic E-state index is 14.1. The van der Waals surface area contributed by atoms with Crippen LogP contribution in [0.2, 0.25) is 5.02 Å². The third kappa shape index (κ3) is 6.02. The summed E-state index contributed by atoms with van der Waals surface area (Å²) in [6.45, 7) is 0.975. The van der Waals surface area contributed by atoms with Gasteiger partial charge in [0.2, 0.25) is 0 Å². The highest BCUT2D eigenvalue weighted by Gasteiger charge is 2.33. The number of nitrogens with zero attached hydrogens (tertiary/aromatic N) is 1. The van der Waals surface area contributed by atoms with Crippen molar-refractivity contribution in [1.82, 2.24) is 4.72 Å². The second-order valence-corrected chi connectivity index (χ2v) is 7.35. The average molecular weight is 487 g/mol. The highest BCUT2D eigenvalue weighted by molar-refractivity contribution is 7.85. The quantitative estimate of drug-likeness (QED) is 0.353. The van der Waals surface area contributed by atoms with E-state index in [1.54, 1.807) is 0 Å². The summed E-state index contributed by atoms with van der Waals surface area (Å²) in [7, 11) is -4.58. The van der Waals surface area contributed by atoms with Crippen LogP contribution in [0.4, 0.5) is 23.2 Å². The molecule has 9 nitrogen and oxygen atoms in total. The first-order chi connectivity index (χ1) is 14.2. The van der Waals surface area contributed by atoms with Crippen molar-refractivity contribution in [3.05, 3.63) is 62.4 Å². The van der Waals surface area contributed by atoms with Crippen LogP contribution < -0.4 is 9.46 Å². The van der Waals surface area contributed by atoms with Gasteiger partial charge in [-0.1, -0.05) is 11.6 Å². The van der Waals surface area contributed by atoms with Gasteiger partial charge in [-0.05, 0) is 25.1 Å². The number of nitro groups is 1. The molecule has 1 N–H and O–H groups in total. The van der Waals surface area contributed by atoms with Crippen LogP contribution >= 0.6 is 11.6 Å². The van der Waals surface area contributed by atoms with Crippen LogP contribution in [-0.2, 0) is 20.7 Å². The summed E-state index contributed by atoms with van der Waals surface area (Å²) in [5, 5.41) is 10.4. The van der Waals surface area contributed by atoms with Crippen LogP contribution in [0.5, 0.6) is 11.5 Å². The molecule has 0 spiro atoms.